The summed E-state index contributed by atoms with van der Waals surface area (Å²) in [6.07, 6.45) is 5.11. The number of anilines is 1. The molecule has 6 nitrogen and oxygen atoms in total. The molecule has 0 aliphatic rings. The molecule has 0 unspecified atom stereocenters. The number of rotatable bonds is 4. The van der Waals surface area contributed by atoms with E-state index in [9.17, 15) is 8.42 Å². The summed E-state index contributed by atoms with van der Waals surface area (Å²) in [4.78, 5) is 3.92. The molecular weight excluding hydrogens is 312 g/mol. The third-order valence-corrected chi connectivity index (χ3v) is 4.66. The van der Waals surface area contributed by atoms with Gasteiger partial charge in [-0.25, -0.2) is 13.4 Å². The van der Waals surface area contributed by atoms with Crippen LogP contribution in [0.4, 0.5) is 5.69 Å². The highest BCUT2D eigenvalue weighted by Crippen LogP contribution is 2.20. The summed E-state index contributed by atoms with van der Waals surface area (Å²) in [7, 11) is -3.81. The molecular formula is C16H12N4O2S. The van der Waals surface area contributed by atoms with E-state index in [1.807, 2.05) is 10.6 Å². The van der Waals surface area contributed by atoms with Crippen molar-refractivity contribution in [1.82, 2.24) is 9.55 Å². The molecule has 0 saturated heterocycles. The van der Waals surface area contributed by atoms with E-state index in [1.165, 1.54) is 12.1 Å². The largest absolute Gasteiger partial charge is 0.306 e. The van der Waals surface area contributed by atoms with Gasteiger partial charge in [-0.15, -0.1) is 0 Å². The second-order valence-electron chi connectivity index (χ2n) is 4.73. The first kappa shape index (κ1) is 14.8. The van der Waals surface area contributed by atoms with E-state index >= 15 is 0 Å². The van der Waals surface area contributed by atoms with Crippen molar-refractivity contribution in [2.75, 3.05) is 4.72 Å². The zero-order chi connectivity index (χ0) is 16.3. The maximum atomic E-state index is 12.4. The van der Waals surface area contributed by atoms with Gasteiger partial charge in [-0.2, -0.15) is 5.26 Å². The molecule has 0 fully saturated rings. The number of imidazole rings is 1. The van der Waals surface area contributed by atoms with E-state index in [2.05, 4.69) is 9.71 Å². The lowest BCUT2D eigenvalue weighted by Gasteiger charge is -2.10. The summed E-state index contributed by atoms with van der Waals surface area (Å²) < 4.78 is 29.1. The molecule has 0 radical (unpaired) electrons. The van der Waals surface area contributed by atoms with Crippen molar-refractivity contribution < 1.29 is 8.42 Å². The molecule has 2 aromatic carbocycles. The average molecular weight is 324 g/mol. The van der Waals surface area contributed by atoms with Crippen LogP contribution in [-0.4, -0.2) is 18.0 Å². The lowest BCUT2D eigenvalue weighted by atomic mass is 10.2. The van der Waals surface area contributed by atoms with Gasteiger partial charge in [0.15, 0.2) is 0 Å². The standard InChI is InChI=1S/C16H12N4O2S/c17-11-13-3-1-2-4-16(13)23(21,22)19-14-5-7-15(8-6-14)20-10-9-18-12-20/h1-10,12,19H. The molecule has 0 bridgehead atoms. The minimum atomic E-state index is -3.81. The Balaban J connectivity index is 1.88. The molecule has 0 spiro atoms. The highest BCUT2D eigenvalue weighted by atomic mass is 32.2. The number of benzene rings is 2. The monoisotopic (exact) mass is 324 g/mol. The van der Waals surface area contributed by atoms with Crippen LogP contribution in [-0.2, 0) is 10.0 Å². The van der Waals surface area contributed by atoms with E-state index in [0.29, 0.717) is 5.69 Å². The summed E-state index contributed by atoms with van der Waals surface area (Å²) in [5.74, 6) is 0. The molecule has 1 aromatic heterocycles. The van der Waals surface area contributed by atoms with Crippen molar-refractivity contribution >= 4 is 15.7 Å². The third-order valence-electron chi connectivity index (χ3n) is 3.22. The van der Waals surface area contributed by atoms with Gasteiger partial charge in [0.05, 0.1) is 11.9 Å². The number of sulfonamides is 1. The van der Waals surface area contributed by atoms with Crippen molar-refractivity contribution in [3.05, 3.63) is 72.8 Å². The SMILES string of the molecule is N#Cc1ccccc1S(=O)(=O)Nc1ccc(-n2ccnc2)cc1. The quantitative estimate of drug-likeness (QED) is 0.799. The molecule has 1 N–H and O–H groups in total. The maximum Gasteiger partial charge on any atom is 0.263 e. The van der Waals surface area contributed by atoms with Gasteiger partial charge in [-0.3, -0.25) is 4.72 Å². The topological polar surface area (TPSA) is 87.8 Å². The second-order valence-corrected chi connectivity index (χ2v) is 6.38. The fraction of sp³-hybridized carbons (Fsp3) is 0. The van der Waals surface area contributed by atoms with Crippen molar-refractivity contribution in [1.29, 1.82) is 5.26 Å². The molecule has 23 heavy (non-hydrogen) atoms. The zero-order valence-electron chi connectivity index (χ0n) is 11.9. The highest BCUT2D eigenvalue weighted by Gasteiger charge is 2.18. The summed E-state index contributed by atoms with van der Waals surface area (Å²) >= 11 is 0. The van der Waals surface area contributed by atoms with Crippen LogP contribution in [0.2, 0.25) is 0 Å². The Kier molecular flexibility index (Phi) is 3.83. The van der Waals surface area contributed by atoms with Gasteiger partial charge in [0.1, 0.15) is 11.0 Å². The van der Waals surface area contributed by atoms with Gasteiger partial charge >= 0.3 is 0 Å². The van der Waals surface area contributed by atoms with Crippen LogP contribution in [0.15, 0.2) is 72.1 Å². The maximum absolute atomic E-state index is 12.4. The fourth-order valence-electron chi connectivity index (χ4n) is 2.12. The minimum absolute atomic E-state index is 0.0406. The fourth-order valence-corrected chi connectivity index (χ4v) is 3.33. The first-order valence-corrected chi connectivity index (χ1v) is 8.19. The summed E-state index contributed by atoms with van der Waals surface area (Å²) in [5, 5.41) is 9.04. The number of nitrogens with one attached hydrogen (secondary N) is 1. The normalized spacial score (nSPS) is 10.9. The van der Waals surface area contributed by atoms with Crippen molar-refractivity contribution in [2.45, 2.75) is 4.90 Å². The Morgan fingerprint density at radius 1 is 1.09 bits per heavy atom. The van der Waals surface area contributed by atoms with E-state index < -0.39 is 10.0 Å². The van der Waals surface area contributed by atoms with Crippen LogP contribution < -0.4 is 4.72 Å². The Bertz CT molecular complexity index is 956. The van der Waals surface area contributed by atoms with Crippen LogP contribution in [0, 0.1) is 11.3 Å². The zero-order valence-corrected chi connectivity index (χ0v) is 12.7. The van der Waals surface area contributed by atoms with Gasteiger partial charge in [-0.05, 0) is 36.4 Å². The molecule has 7 heteroatoms. The Labute approximate surface area is 133 Å². The predicted octanol–water partition coefficient (Wildman–Crippen LogP) is 2.54. The Morgan fingerprint density at radius 3 is 2.48 bits per heavy atom. The molecule has 3 rings (SSSR count). The summed E-state index contributed by atoms with van der Waals surface area (Å²) in [5.41, 5.74) is 1.39. The van der Waals surface area contributed by atoms with Crippen LogP contribution in [0.1, 0.15) is 5.56 Å². The number of hydrogen-bond acceptors (Lipinski definition) is 4. The predicted molar refractivity (Wildman–Crippen MR) is 85.5 cm³/mol. The van der Waals surface area contributed by atoms with Crippen LogP contribution in [0.25, 0.3) is 5.69 Å². The van der Waals surface area contributed by atoms with Crippen molar-refractivity contribution in [2.24, 2.45) is 0 Å². The minimum Gasteiger partial charge on any atom is -0.306 e. The highest BCUT2D eigenvalue weighted by molar-refractivity contribution is 7.92. The van der Waals surface area contributed by atoms with Crippen LogP contribution in [0.3, 0.4) is 0 Å². The Hall–Kier alpha value is -3.11. The smallest absolute Gasteiger partial charge is 0.263 e. The van der Waals surface area contributed by atoms with Crippen LogP contribution in [0.5, 0.6) is 0 Å². The molecule has 1 heterocycles. The average Bonchev–Trinajstić information content (AvgIpc) is 3.09. The van der Waals surface area contributed by atoms with Crippen LogP contribution >= 0.6 is 0 Å². The van der Waals surface area contributed by atoms with E-state index in [1.54, 1.807) is 55.1 Å². The first-order chi connectivity index (χ1) is 11.1. The molecule has 3 aromatic rings. The van der Waals surface area contributed by atoms with Gasteiger partial charge in [0, 0.05) is 23.8 Å². The molecule has 0 atom stereocenters. The third kappa shape index (κ3) is 3.07. The molecule has 114 valence electrons. The second kappa shape index (κ2) is 5.94. The lowest BCUT2D eigenvalue weighted by Crippen LogP contribution is -2.14. The number of nitrogens with zero attached hydrogens (tertiary/aromatic N) is 3. The van der Waals surface area contributed by atoms with Crippen molar-refractivity contribution in [3.8, 4) is 11.8 Å². The van der Waals surface area contributed by atoms with Gasteiger partial charge in [0.25, 0.3) is 10.0 Å². The molecule has 0 amide bonds. The summed E-state index contributed by atoms with van der Waals surface area (Å²) in [6.45, 7) is 0. The number of aromatic nitrogens is 2. The molecule has 0 saturated carbocycles. The number of nitriles is 1. The molecule has 0 aliphatic heterocycles. The van der Waals surface area contributed by atoms with E-state index in [0.717, 1.165) is 5.69 Å². The van der Waals surface area contributed by atoms with Gasteiger partial charge < -0.3 is 4.57 Å². The first-order valence-electron chi connectivity index (χ1n) is 6.70. The Morgan fingerprint density at radius 2 is 1.83 bits per heavy atom. The molecule has 0 aliphatic carbocycles. The van der Waals surface area contributed by atoms with Gasteiger partial charge in [-0.1, -0.05) is 12.1 Å². The van der Waals surface area contributed by atoms with E-state index in [4.69, 9.17) is 5.26 Å². The lowest BCUT2D eigenvalue weighted by molar-refractivity contribution is 0.601. The van der Waals surface area contributed by atoms with Crippen molar-refractivity contribution in [3.63, 3.8) is 0 Å². The van der Waals surface area contributed by atoms with E-state index in [-0.39, 0.29) is 10.5 Å². The number of hydrogen-bond donors (Lipinski definition) is 1. The summed E-state index contributed by atoms with van der Waals surface area (Å²) in [6, 6.07) is 14.8. The van der Waals surface area contributed by atoms with Gasteiger partial charge in [0.2, 0.25) is 0 Å².